The molecular formula is C17H26N2O2. The van der Waals surface area contributed by atoms with Crippen LogP contribution in [0.3, 0.4) is 0 Å². The fourth-order valence-corrected chi connectivity index (χ4v) is 2.93. The standard InChI is InChI=1S/C17H26N2O2/c1-2-21-17(20)16(18)12-14-8-10-19(11-9-14)13-15-6-4-3-5-7-15/h3-7,14,16H,2,8-13,18H2,1H3. The second-order valence-corrected chi connectivity index (χ2v) is 5.80. The lowest BCUT2D eigenvalue weighted by molar-refractivity contribution is -0.145. The molecule has 1 aliphatic rings. The molecule has 1 atom stereocenters. The van der Waals surface area contributed by atoms with E-state index in [1.165, 1.54) is 5.56 Å². The summed E-state index contributed by atoms with van der Waals surface area (Å²) in [6.07, 6.45) is 2.97. The van der Waals surface area contributed by atoms with Crippen LogP contribution in [0.5, 0.6) is 0 Å². The summed E-state index contributed by atoms with van der Waals surface area (Å²) < 4.78 is 4.97. The van der Waals surface area contributed by atoms with Gasteiger partial charge in [-0.3, -0.25) is 9.69 Å². The van der Waals surface area contributed by atoms with Crippen LogP contribution in [-0.4, -0.2) is 36.6 Å². The molecule has 0 saturated carbocycles. The van der Waals surface area contributed by atoms with Gasteiger partial charge in [0.25, 0.3) is 0 Å². The molecule has 0 aliphatic carbocycles. The summed E-state index contributed by atoms with van der Waals surface area (Å²) in [5.41, 5.74) is 7.26. The van der Waals surface area contributed by atoms with Crippen molar-refractivity contribution in [2.45, 2.75) is 38.8 Å². The molecule has 21 heavy (non-hydrogen) atoms. The van der Waals surface area contributed by atoms with Crippen molar-refractivity contribution in [2.75, 3.05) is 19.7 Å². The Morgan fingerprint density at radius 2 is 2.00 bits per heavy atom. The Morgan fingerprint density at radius 3 is 2.62 bits per heavy atom. The highest BCUT2D eigenvalue weighted by atomic mass is 16.5. The summed E-state index contributed by atoms with van der Waals surface area (Å²) in [5.74, 6) is 0.278. The zero-order chi connectivity index (χ0) is 15.1. The van der Waals surface area contributed by atoms with Gasteiger partial charge in [0, 0.05) is 6.54 Å². The molecule has 1 aliphatic heterocycles. The number of ether oxygens (including phenoxy) is 1. The maximum absolute atomic E-state index is 11.6. The molecule has 4 heteroatoms. The number of likely N-dealkylation sites (tertiary alicyclic amines) is 1. The number of benzene rings is 1. The predicted molar refractivity (Wildman–Crippen MR) is 83.7 cm³/mol. The van der Waals surface area contributed by atoms with Crippen molar-refractivity contribution in [3.8, 4) is 0 Å². The van der Waals surface area contributed by atoms with Gasteiger partial charge in [-0.15, -0.1) is 0 Å². The summed E-state index contributed by atoms with van der Waals surface area (Å²) >= 11 is 0. The summed E-state index contributed by atoms with van der Waals surface area (Å²) in [6.45, 7) is 5.39. The summed E-state index contributed by atoms with van der Waals surface area (Å²) in [6, 6.07) is 10.1. The van der Waals surface area contributed by atoms with Crippen LogP contribution in [0.1, 0.15) is 31.7 Å². The molecule has 4 nitrogen and oxygen atoms in total. The van der Waals surface area contributed by atoms with E-state index in [-0.39, 0.29) is 5.97 Å². The van der Waals surface area contributed by atoms with Gasteiger partial charge in [0.2, 0.25) is 0 Å². The molecular weight excluding hydrogens is 264 g/mol. The van der Waals surface area contributed by atoms with E-state index in [9.17, 15) is 4.79 Å². The first-order chi connectivity index (χ1) is 10.2. The highest BCUT2D eigenvalue weighted by Gasteiger charge is 2.24. The van der Waals surface area contributed by atoms with E-state index < -0.39 is 6.04 Å². The molecule has 2 N–H and O–H groups in total. The number of hydrogen-bond donors (Lipinski definition) is 1. The summed E-state index contributed by atoms with van der Waals surface area (Å²) in [5, 5.41) is 0. The largest absolute Gasteiger partial charge is 0.465 e. The summed E-state index contributed by atoms with van der Waals surface area (Å²) in [7, 11) is 0. The van der Waals surface area contributed by atoms with Crippen molar-refractivity contribution < 1.29 is 9.53 Å². The number of hydrogen-bond acceptors (Lipinski definition) is 4. The molecule has 116 valence electrons. The zero-order valence-corrected chi connectivity index (χ0v) is 12.8. The smallest absolute Gasteiger partial charge is 0.322 e. The van der Waals surface area contributed by atoms with E-state index in [0.717, 1.165) is 38.9 Å². The molecule has 0 amide bonds. The zero-order valence-electron chi connectivity index (χ0n) is 12.8. The minimum Gasteiger partial charge on any atom is -0.465 e. The van der Waals surface area contributed by atoms with Gasteiger partial charge in [0.05, 0.1) is 6.61 Å². The highest BCUT2D eigenvalue weighted by Crippen LogP contribution is 2.23. The molecule has 0 spiro atoms. The number of carbonyl (C=O) groups is 1. The first-order valence-electron chi connectivity index (χ1n) is 7.87. The second-order valence-electron chi connectivity index (χ2n) is 5.80. The topological polar surface area (TPSA) is 55.6 Å². The van der Waals surface area contributed by atoms with Gasteiger partial charge in [0.1, 0.15) is 6.04 Å². The lowest BCUT2D eigenvalue weighted by atomic mass is 9.90. The van der Waals surface area contributed by atoms with E-state index in [0.29, 0.717) is 12.5 Å². The molecule has 1 unspecified atom stereocenters. The van der Waals surface area contributed by atoms with E-state index in [1.54, 1.807) is 0 Å². The lowest BCUT2D eigenvalue weighted by Crippen LogP contribution is -2.38. The minimum atomic E-state index is -0.462. The van der Waals surface area contributed by atoms with Crippen LogP contribution in [0.4, 0.5) is 0 Å². The Labute approximate surface area is 127 Å². The third-order valence-corrected chi connectivity index (χ3v) is 4.13. The van der Waals surface area contributed by atoms with Crippen molar-refractivity contribution in [1.29, 1.82) is 0 Å². The van der Waals surface area contributed by atoms with E-state index in [4.69, 9.17) is 10.5 Å². The summed E-state index contributed by atoms with van der Waals surface area (Å²) in [4.78, 5) is 14.0. The molecule has 2 rings (SSSR count). The maximum atomic E-state index is 11.6. The van der Waals surface area contributed by atoms with Crippen LogP contribution in [0.2, 0.25) is 0 Å². The van der Waals surface area contributed by atoms with Crippen LogP contribution in [0, 0.1) is 5.92 Å². The van der Waals surface area contributed by atoms with Gasteiger partial charge in [-0.25, -0.2) is 0 Å². The normalized spacial score (nSPS) is 18.4. The van der Waals surface area contributed by atoms with Gasteiger partial charge >= 0.3 is 5.97 Å². The molecule has 0 bridgehead atoms. The fourth-order valence-electron chi connectivity index (χ4n) is 2.93. The Bertz CT molecular complexity index is 428. The Kier molecular flexibility index (Phi) is 6.21. The first kappa shape index (κ1) is 16.0. The van der Waals surface area contributed by atoms with Crippen LogP contribution >= 0.6 is 0 Å². The third-order valence-electron chi connectivity index (χ3n) is 4.13. The number of piperidine rings is 1. The molecule has 0 radical (unpaired) electrons. The van der Waals surface area contributed by atoms with Crippen molar-refractivity contribution in [2.24, 2.45) is 11.7 Å². The van der Waals surface area contributed by atoms with Crippen LogP contribution in [-0.2, 0) is 16.1 Å². The molecule has 1 aromatic carbocycles. The Morgan fingerprint density at radius 1 is 1.33 bits per heavy atom. The molecule has 1 fully saturated rings. The van der Waals surface area contributed by atoms with Crippen molar-refractivity contribution in [3.05, 3.63) is 35.9 Å². The van der Waals surface area contributed by atoms with Crippen LogP contribution < -0.4 is 5.73 Å². The predicted octanol–water partition coefficient (Wildman–Crippen LogP) is 2.18. The maximum Gasteiger partial charge on any atom is 0.322 e. The van der Waals surface area contributed by atoms with Gasteiger partial charge in [-0.05, 0) is 50.8 Å². The Balaban J connectivity index is 1.72. The number of rotatable bonds is 6. The quantitative estimate of drug-likeness (QED) is 0.816. The van der Waals surface area contributed by atoms with Crippen LogP contribution in [0.15, 0.2) is 30.3 Å². The van der Waals surface area contributed by atoms with E-state index >= 15 is 0 Å². The van der Waals surface area contributed by atoms with E-state index in [2.05, 4.69) is 29.2 Å². The van der Waals surface area contributed by atoms with Crippen molar-refractivity contribution in [1.82, 2.24) is 4.90 Å². The average molecular weight is 290 g/mol. The SMILES string of the molecule is CCOC(=O)C(N)CC1CCN(Cc2ccccc2)CC1. The van der Waals surface area contributed by atoms with Gasteiger partial charge < -0.3 is 10.5 Å². The number of carbonyl (C=O) groups excluding carboxylic acids is 1. The minimum absolute atomic E-state index is 0.260. The van der Waals surface area contributed by atoms with Gasteiger partial charge in [-0.2, -0.15) is 0 Å². The number of nitrogens with zero attached hydrogens (tertiary/aromatic N) is 1. The molecule has 1 aromatic rings. The number of nitrogens with two attached hydrogens (primary N) is 1. The third kappa shape index (κ3) is 5.14. The fraction of sp³-hybridized carbons (Fsp3) is 0.588. The average Bonchev–Trinajstić information content (AvgIpc) is 2.50. The van der Waals surface area contributed by atoms with Crippen molar-refractivity contribution in [3.63, 3.8) is 0 Å². The van der Waals surface area contributed by atoms with Crippen LogP contribution in [0.25, 0.3) is 0 Å². The number of esters is 1. The second kappa shape index (κ2) is 8.15. The molecule has 0 aromatic heterocycles. The highest BCUT2D eigenvalue weighted by molar-refractivity contribution is 5.75. The monoisotopic (exact) mass is 290 g/mol. The lowest BCUT2D eigenvalue weighted by Gasteiger charge is -2.32. The van der Waals surface area contributed by atoms with Crippen molar-refractivity contribution >= 4 is 5.97 Å². The first-order valence-corrected chi connectivity index (χ1v) is 7.87. The van der Waals surface area contributed by atoms with Gasteiger partial charge in [-0.1, -0.05) is 30.3 Å². The van der Waals surface area contributed by atoms with Gasteiger partial charge in [0.15, 0.2) is 0 Å². The Hall–Kier alpha value is -1.39. The molecule has 1 saturated heterocycles. The van der Waals surface area contributed by atoms with E-state index in [1.807, 2.05) is 13.0 Å². The molecule has 1 heterocycles.